The zero-order valence-corrected chi connectivity index (χ0v) is 14.5. The SMILES string of the molecule is O=C(c1ccc(F)c(F)c1)N1CCC[C@H](c2cc(-c3ccccn3)n[nH]2)C1. The van der Waals surface area contributed by atoms with Gasteiger partial charge in [-0.15, -0.1) is 0 Å². The molecule has 0 radical (unpaired) electrons. The van der Waals surface area contributed by atoms with Crippen LogP contribution in [0.1, 0.15) is 34.8 Å². The van der Waals surface area contributed by atoms with Crippen molar-refractivity contribution in [1.82, 2.24) is 20.1 Å². The zero-order chi connectivity index (χ0) is 18.8. The molecule has 1 saturated heterocycles. The van der Waals surface area contributed by atoms with E-state index >= 15 is 0 Å². The van der Waals surface area contributed by atoms with Crippen molar-refractivity contribution < 1.29 is 13.6 Å². The molecular weight excluding hydrogens is 350 g/mol. The minimum absolute atomic E-state index is 0.109. The molecule has 4 rings (SSSR count). The minimum Gasteiger partial charge on any atom is -0.338 e. The highest BCUT2D eigenvalue weighted by Crippen LogP contribution is 2.28. The van der Waals surface area contributed by atoms with Crippen LogP contribution in [0.25, 0.3) is 11.4 Å². The standard InChI is InChI=1S/C20H18F2N4O/c21-15-7-6-13(10-16(15)22)20(27)26-9-3-4-14(12-26)18-11-19(25-24-18)17-5-1-2-8-23-17/h1-2,5-8,10-11,14H,3-4,9,12H2,(H,24,25)/t14-/m0/s1. The summed E-state index contributed by atoms with van der Waals surface area (Å²) in [5, 5.41) is 7.38. The fourth-order valence-corrected chi connectivity index (χ4v) is 3.42. The van der Waals surface area contributed by atoms with E-state index in [1.165, 1.54) is 6.07 Å². The highest BCUT2D eigenvalue weighted by molar-refractivity contribution is 5.94. The molecule has 5 nitrogen and oxygen atoms in total. The highest BCUT2D eigenvalue weighted by atomic mass is 19.2. The fraction of sp³-hybridized carbons (Fsp3) is 0.250. The molecule has 2 aromatic heterocycles. The zero-order valence-electron chi connectivity index (χ0n) is 14.5. The number of carbonyl (C=O) groups is 1. The summed E-state index contributed by atoms with van der Waals surface area (Å²) in [6.45, 7) is 1.09. The number of rotatable bonds is 3. The molecule has 1 N–H and O–H groups in total. The van der Waals surface area contributed by atoms with Crippen LogP contribution in [0.2, 0.25) is 0 Å². The van der Waals surface area contributed by atoms with Gasteiger partial charge in [0.1, 0.15) is 5.69 Å². The number of halogens is 2. The van der Waals surface area contributed by atoms with Crippen LogP contribution in [0.3, 0.4) is 0 Å². The minimum atomic E-state index is -1.01. The molecule has 27 heavy (non-hydrogen) atoms. The van der Waals surface area contributed by atoms with Crippen LogP contribution in [0.5, 0.6) is 0 Å². The van der Waals surface area contributed by atoms with E-state index in [4.69, 9.17) is 0 Å². The summed E-state index contributed by atoms with van der Waals surface area (Å²) in [5.41, 5.74) is 2.65. The second-order valence-corrected chi connectivity index (χ2v) is 6.64. The number of nitrogens with zero attached hydrogens (tertiary/aromatic N) is 3. The van der Waals surface area contributed by atoms with E-state index in [-0.39, 0.29) is 17.4 Å². The Morgan fingerprint density at radius 3 is 2.78 bits per heavy atom. The number of benzene rings is 1. The topological polar surface area (TPSA) is 61.9 Å². The van der Waals surface area contributed by atoms with Gasteiger partial charge in [0.05, 0.1) is 5.69 Å². The number of hydrogen-bond acceptors (Lipinski definition) is 3. The molecule has 7 heteroatoms. The first-order valence-electron chi connectivity index (χ1n) is 8.83. The van der Waals surface area contributed by atoms with Crippen LogP contribution in [0.15, 0.2) is 48.7 Å². The van der Waals surface area contributed by atoms with Crippen molar-refractivity contribution in [3.63, 3.8) is 0 Å². The van der Waals surface area contributed by atoms with Gasteiger partial charge in [-0.05, 0) is 49.2 Å². The van der Waals surface area contributed by atoms with E-state index in [0.717, 1.165) is 42.1 Å². The Hall–Kier alpha value is -3.09. The smallest absolute Gasteiger partial charge is 0.253 e. The van der Waals surface area contributed by atoms with Gasteiger partial charge < -0.3 is 4.90 Å². The van der Waals surface area contributed by atoms with Crippen LogP contribution in [-0.2, 0) is 0 Å². The molecule has 0 bridgehead atoms. The summed E-state index contributed by atoms with van der Waals surface area (Å²) in [6, 6.07) is 10.9. The maximum absolute atomic E-state index is 13.4. The van der Waals surface area contributed by atoms with Gasteiger partial charge in [-0.3, -0.25) is 14.9 Å². The van der Waals surface area contributed by atoms with E-state index in [0.29, 0.717) is 13.1 Å². The average Bonchev–Trinajstić information content (AvgIpc) is 3.21. The maximum Gasteiger partial charge on any atom is 0.253 e. The van der Waals surface area contributed by atoms with Crippen molar-refractivity contribution in [2.45, 2.75) is 18.8 Å². The molecule has 1 amide bonds. The van der Waals surface area contributed by atoms with Gasteiger partial charge in [0.2, 0.25) is 0 Å². The lowest BCUT2D eigenvalue weighted by molar-refractivity contribution is 0.0705. The molecule has 0 spiro atoms. The normalized spacial score (nSPS) is 17.1. The van der Waals surface area contributed by atoms with Gasteiger partial charge in [-0.2, -0.15) is 5.10 Å². The lowest BCUT2D eigenvalue weighted by Crippen LogP contribution is -2.39. The van der Waals surface area contributed by atoms with Crippen molar-refractivity contribution in [3.05, 3.63) is 71.6 Å². The number of carbonyl (C=O) groups excluding carboxylic acids is 1. The van der Waals surface area contributed by atoms with Crippen molar-refractivity contribution in [1.29, 1.82) is 0 Å². The summed E-state index contributed by atoms with van der Waals surface area (Å²) < 4.78 is 26.6. The Morgan fingerprint density at radius 1 is 1.11 bits per heavy atom. The van der Waals surface area contributed by atoms with E-state index in [1.807, 2.05) is 24.3 Å². The number of hydrogen-bond donors (Lipinski definition) is 1. The molecular formula is C20H18F2N4O. The monoisotopic (exact) mass is 368 g/mol. The van der Waals surface area contributed by atoms with Crippen LogP contribution in [0.4, 0.5) is 8.78 Å². The second kappa shape index (κ2) is 7.26. The van der Waals surface area contributed by atoms with E-state index in [2.05, 4.69) is 15.2 Å². The first-order chi connectivity index (χ1) is 13.1. The Labute approximate surface area is 155 Å². The Kier molecular flexibility index (Phi) is 4.66. The number of pyridine rings is 1. The van der Waals surface area contributed by atoms with Crippen molar-refractivity contribution >= 4 is 5.91 Å². The third-order valence-electron chi connectivity index (χ3n) is 4.84. The number of H-pyrrole nitrogens is 1. The largest absolute Gasteiger partial charge is 0.338 e. The van der Waals surface area contributed by atoms with Gasteiger partial charge in [0.25, 0.3) is 5.91 Å². The third-order valence-corrected chi connectivity index (χ3v) is 4.84. The molecule has 3 aromatic rings. The molecule has 1 aliphatic rings. The lowest BCUT2D eigenvalue weighted by Gasteiger charge is -2.32. The summed E-state index contributed by atoms with van der Waals surface area (Å²) >= 11 is 0. The number of amides is 1. The molecule has 138 valence electrons. The molecule has 1 aromatic carbocycles. The summed E-state index contributed by atoms with van der Waals surface area (Å²) in [4.78, 5) is 18.6. The molecule has 0 aliphatic carbocycles. The number of aromatic amines is 1. The van der Waals surface area contributed by atoms with Crippen LogP contribution in [0, 0.1) is 11.6 Å². The number of aromatic nitrogens is 3. The molecule has 1 atom stereocenters. The Morgan fingerprint density at radius 2 is 2.00 bits per heavy atom. The van der Waals surface area contributed by atoms with Gasteiger partial charge in [-0.1, -0.05) is 6.07 Å². The van der Waals surface area contributed by atoms with E-state index in [1.54, 1.807) is 11.1 Å². The van der Waals surface area contributed by atoms with Gasteiger partial charge >= 0.3 is 0 Å². The highest BCUT2D eigenvalue weighted by Gasteiger charge is 2.27. The lowest BCUT2D eigenvalue weighted by atomic mass is 9.94. The summed E-state index contributed by atoms with van der Waals surface area (Å²) in [7, 11) is 0. The van der Waals surface area contributed by atoms with Crippen LogP contribution >= 0.6 is 0 Å². The van der Waals surface area contributed by atoms with Crippen LogP contribution < -0.4 is 0 Å². The fourth-order valence-electron chi connectivity index (χ4n) is 3.42. The first kappa shape index (κ1) is 17.3. The second-order valence-electron chi connectivity index (χ2n) is 6.64. The predicted octanol–water partition coefficient (Wildman–Crippen LogP) is 3.77. The quantitative estimate of drug-likeness (QED) is 0.766. The summed E-state index contributed by atoms with van der Waals surface area (Å²) in [5.74, 6) is -2.15. The maximum atomic E-state index is 13.4. The number of nitrogens with one attached hydrogen (secondary N) is 1. The molecule has 0 unspecified atom stereocenters. The van der Waals surface area contributed by atoms with Gasteiger partial charge in [0, 0.05) is 36.5 Å². The molecule has 1 fully saturated rings. The average molecular weight is 368 g/mol. The first-order valence-corrected chi connectivity index (χ1v) is 8.83. The van der Waals surface area contributed by atoms with Crippen molar-refractivity contribution in [2.75, 3.05) is 13.1 Å². The Balaban J connectivity index is 1.50. The van der Waals surface area contributed by atoms with Crippen molar-refractivity contribution in [3.8, 4) is 11.4 Å². The van der Waals surface area contributed by atoms with E-state index < -0.39 is 11.6 Å². The van der Waals surface area contributed by atoms with Gasteiger partial charge in [-0.25, -0.2) is 8.78 Å². The number of likely N-dealkylation sites (tertiary alicyclic amines) is 1. The van der Waals surface area contributed by atoms with Crippen LogP contribution in [-0.4, -0.2) is 39.1 Å². The summed E-state index contributed by atoms with van der Waals surface area (Å²) in [6.07, 6.45) is 3.47. The van der Waals surface area contributed by atoms with Gasteiger partial charge in [0.15, 0.2) is 11.6 Å². The number of piperidine rings is 1. The molecule has 3 heterocycles. The predicted molar refractivity (Wildman–Crippen MR) is 96.1 cm³/mol. The molecule has 1 aliphatic heterocycles. The third kappa shape index (κ3) is 3.58. The Bertz CT molecular complexity index is 958. The molecule has 0 saturated carbocycles. The van der Waals surface area contributed by atoms with E-state index in [9.17, 15) is 13.6 Å². The van der Waals surface area contributed by atoms with Crippen molar-refractivity contribution in [2.24, 2.45) is 0 Å².